The molecule has 1 amide bonds. The van der Waals surface area contributed by atoms with Crippen LogP contribution in [0.25, 0.3) is 0 Å². The number of carbonyl (C=O) groups excluding carboxylic acids is 1. The van der Waals surface area contributed by atoms with Gasteiger partial charge in [0.05, 0.1) is 11.4 Å². The first-order valence-corrected chi connectivity index (χ1v) is 9.13. The summed E-state index contributed by atoms with van der Waals surface area (Å²) in [6, 6.07) is 16.0. The zero-order chi connectivity index (χ0) is 16.8. The van der Waals surface area contributed by atoms with Crippen molar-refractivity contribution >= 4 is 17.3 Å². The van der Waals surface area contributed by atoms with Gasteiger partial charge in [-0.3, -0.25) is 4.79 Å². The molecule has 0 heterocycles. The largest absolute Gasteiger partial charge is 0.592 e. The molecule has 0 fully saturated rings. The van der Waals surface area contributed by atoms with Crippen LogP contribution in [0.2, 0.25) is 0 Å². The monoisotopic (exact) mass is 329 g/mol. The van der Waals surface area contributed by atoms with E-state index >= 15 is 0 Å². The fraction of sp³-hybridized carbons (Fsp3) is 0.316. The maximum atomic E-state index is 12.9. The van der Waals surface area contributed by atoms with E-state index in [1.165, 1.54) is 6.92 Å². The lowest BCUT2D eigenvalue weighted by Crippen LogP contribution is -2.34. The standard InChI is InChI=1S/C19H23NO2S/c1-4-15-10-6-8-12-17(15)19(23(22)20-14(3)21)18-13-9-7-11-16(18)5-2/h6-13,19H,4-5H2,1-3H3,(H,20,21). The fourth-order valence-corrected chi connectivity index (χ4v) is 4.14. The van der Waals surface area contributed by atoms with Crippen LogP contribution in [-0.2, 0) is 29.0 Å². The summed E-state index contributed by atoms with van der Waals surface area (Å²) >= 11 is -1.51. The third-order valence-corrected chi connectivity index (χ3v) is 5.32. The number of aryl methyl sites for hydroxylation is 2. The Balaban J connectivity index is 2.58. The Morgan fingerprint density at radius 1 is 1.00 bits per heavy atom. The molecule has 23 heavy (non-hydrogen) atoms. The zero-order valence-corrected chi connectivity index (χ0v) is 14.7. The van der Waals surface area contributed by atoms with Crippen LogP contribution in [0.5, 0.6) is 0 Å². The van der Waals surface area contributed by atoms with Crippen molar-refractivity contribution in [3.05, 3.63) is 70.8 Å². The number of hydrogen-bond donors (Lipinski definition) is 1. The highest BCUT2D eigenvalue weighted by Crippen LogP contribution is 2.34. The van der Waals surface area contributed by atoms with Crippen LogP contribution in [0.3, 0.4) is 0 Å². The van der Waals surface area contributed by atoms with E-state index in [0.717, 1.165) is 35.1 Å². The lowest BCUT2D eigenvalue weighted by Gasteiger charge is -2.24. The lowest BCUT2D eigenvalue weighted by molar-refractivity contribution is -0.117. The number of hydrogen-bond acceptors (Lipinski definition) is 2. The van der Waals surface area contributed by atoms with Gasteiger partial charge < -0.3 is 4.55 Å². The Morgan fingerprint density at radius 2 is 1.43 bits per heavy atom. The highest BCUT2D eigenvalue weighted by atomic mass is 32.2. The summed E-state index contributed by atoms with van der Waals surface area (Å²) in [5.41, 5.74) is 4.34. The Morgan fingerprint density at radius 3 is 1.83 bits per heavy atom. The third kappa shape index (κ3) is 4.15. The Labute approximate surface area is 141 Å². The van der Waals surface area contributed by atoms with Crippen molar-refractivity contribution in [1.29, 1.82) is 0 Å². The van der Waals surface area contributed by atoms with Crippen molar-refractivity contribution in [3.63, 3.8) is 0 Å². The van der Waals surface area contributed by atoms with Gasteiger partial charge in [-0.2, -0.15) is 4.72 Å². The molecule has 122 valence electrons. The molecular weight excluding hydrogens is 306 g/mol. The van der Waals surface area contributed by atoms with Gasteiger partial charge >= 0.3 is 0 Å². The first-order chi connectivity index (χ1) is 11.1. The maximum Gasteiger partial charge on any atom is 0.258 e. The van der Waals surface area contributed by atoms with E-state index in [1.54, 1.807) is 0 Å². The summed E-state index contributed by atoms with van der Waals surface area (Å²) in [6.45, 7) is 5.57. The van der Waals surface area contributed by atoms with Gasteiger partial charge in [-0.05, 0) is 24.0 Å². The molecular formula is C19H23NO2S. The predicted molar refractivity (Wildman–Crippen MR) is 95.4 cm³/mol. The molecule has 0 radical (unpaired) electrons. The van der Waals surface area contributed by atoms with Crippen molar-refractivity contribution < 1.29 is 9.35 Å². The summed E-state index contributed by atoms with van der Waals surface area (Å²) in [7, 11) is 0. The second-order valence-corrected chi connectivity index (χ2v) is 6.71. The average Bonchev–Trinajstić information content (AvgIpc) is 2.55. The van der Waals surface area contributed by atoms with Gasteiger partial charge in [0.2, 0.25) is 0 Å². The van der Waals surface area contributed by atoms with Gasteiger partial charge in [-0.25, -0.2) is 0 Å². The first kappa shape index (κ1) is 17.6. The molecule has 2 aromatic carbocycles. The quantitative estimate of drug-likeness (QED) is 0.822. The summed E-state index contributed by atoms with van der Waals surface area (Å²) in [5.74, 6) is -0.281. The van der Waals surface area contributed by atoms with Gasteiger partial charge in [-0.1, -0.05) is 62.4 Å². The molecule has 1 atom stereocenters. The van der Waals surface area contributed by atoms with Gasteiger partial charge in [-0.15, -0.1) is 0 Å². The normalized spacial score (nSPS) is 12.2. The van der Waals surface area contributed by atoms with Gasteiger partial charge in [0.25, 0.3) is 5.91 Å². The molecule has 1 unspecified atom stereocenters. The van der Waals surface area contributed by atoms with Crippen LogP contribution in [0.15, 0.2) is 48.5 Å². The van der Waals surface area contributed by atoms with Crippen molar-refractivity contribution in [2.45, 2.75) is 38.9 Å². The van der Waals surface area contributed by atoms with E-state index in [-0.39, 0.29) is 11.2 Å². The number of carbonyl (C=O) groups is 1. The van der Waals surface area contributed by atoms with E-state index in [9.17, 15) is 9.35 Å². The Kier molecular flexibility index (Phi) is 6.25. The zero-order valence-electron chi connectivity index (χ0n) is 13.8. The molecule has 0 saturated heterocycles. The smallest absolute Gasteiger partial charge is 0.258 e. The number of amides is 1. The second kappa shape index (κ2) is 8.18. The first-order valence-electron chi connectivity index (χ1n) is 7.91. The van der Waals surface area contributed by atoms with Gasteiger partial charge in [0.1, 0.15) is 0 Å². The minimum atomic E-state index is -1.51. The highest BCUT2D eigenvalue weighted by molar-refractivity contribution is 7.90. The van der Waals surface area contributed by atoms with Crippen LogP contribution in [-0.4, -0.2) is 10.5 Å². The molecule has 0 saturated carbocycles. The summed E-state index contributed by atoms with van der Waals surface area (Å²) in [4.78, 5) is 11.4. The van der Waals surface area contributed by atoms with E-state index < -0.39 is 11.4 Å². The van der Waals surface area contributed by atoms with Crippen LogP contribution in [0, 0.1) is 0 Å². The Bertz CT molecular complexity index is 624. The topological polar surface area (TPSA) is 52.2 Å². The summed E-state index contributed by atoms with van der Waals surface area (Å²) < 4.78 is 15.4. The van der Waals surface area contributed by atoms with Gasteiger partial charge in [0, 0.05) is 18.1 Å². The minimum Gasteiger partial charge on any atom is -0.592 e. The molecule has 0 aromatic heterocycles. The van der Waals surface area contributed by atoms with Crippen molar-refractivity contribution in [2.24, 2.45) is 0 Å². The van der Waals surface area contributed by atoms with E-state index in [1.807, 2.05) is 36.4 Å². The predicted octanol–water partition coefficient (Wildman–Crippen LogP) is 3.70. The fourth-order valence-electron chi connectivity index (χ4n) is 2.82. The van der Waals surface area contributed by atoms with Crippen LogP contribution in [0.4, 0.5) is 0 Å². The van der Waals surface area contributed by atoms with Crippen molar-refractivity contribution in [3.8, 4) is 0 Å². The maximum absolute atomic E-state index is 12.9. The molecule has 0 aliphatic carbocycles. The molecule has 2 aromatic rings. The average molecular weight is 329 g/mol. The van der Waals surface area contributed by atoms with E-state index in [0.29, 0.717) is 0 Å². The van der Waals surface area contributed by atoms with Crippen LogP contribution < -0.4 is 4.72 Å². The van der Waals surface area contributed by atoms with Crippen LogP contribution >= 0.6 is 0 Å². The van der Waals surface area contributed by atoms with Crippen molar-refractivity contribution in [2.75, 3.05) is 0 Å². The number of rotatable bonds is 6. The van der Waals surface area contributed by atoms with E-state index in [4.69, 9.17) is 0 Å². The third-order valence-electron chi connectivity index (χ3n) is 3.90. The number of nitrogens with one attached hydrogen (secondary N) is 1. The number of benzene rings is 2. The minimum absolute atomic E-state index is 0.281. The van der Waals surface area contributed by atoms with E-state index in [2.05, 4.69) is 30.7 Å². The Hall–Kier alpha value is -1.78. The van der Waals surface area contributed by atoms with Crippen molar-refractivity contribution in [1.82, 2.24) is 4.72 Å². The summed E-state index contributed by atoms with van der Waals surface area (Å²) in [6.07, 6.45) is 1.72. The molecule has 4 heteroatoms. The molecule has 3 nitrogen and oxygen atoms in total. The molecule has 0 aliphatic rings. The lowest BCUT2D eigenvalue weighted by atomic mass is 9.94. The van der Waals surface area contributed by atoms with Crippen LogP contribution in [0.1, 0.15) is 48.3 Å². The molecule has 0 bridgehead atoms. The molecule has 2 rings (SSSR count). The SMILES string of the molecule is CCc1ccccc1C(c1ccccc1CC)[S+]([O-])NC(C)=O. The summed E-state index contributed by atoms with van der Waals surface area (Å²) in [5, 5.41) is -0.355. The molecule has 0 aliphatic heterocycles. The van der Waals surface area contributed by atoms with Gasteiger partial charge in [0.15, 0.2) is 5.25 Å². The molecule has 1 N–H and O–H groups in total. The second-order valence-electron chi connectivity index (χ2n) is 5.44. The molecule has 0 spiro atoms. The highest BCUT2D eigenvalue weighted by Gasteiger charge is 2.31.